The summed E-state index contributed by atoms with van der Waals surface area (Å²) < 4.78 is 0.854. The minimum absolute atomic E-state index is 0.301. The van der Waals surface area contributed by atoms with E-state index in [9.17, 15) is 5.11 Å². The lowest BCUT2D eigenvalue weighted by atomic mass is 9.88. The predicted molar refractivity (Wildman–Crippen MR) is 81.2 cm³/mol. The normalized spacial score (nSPS) is 14.2. The van der Waals surface area contributed by atoms with Crippen LogP contribution in [0.2, 0.25) is 5.02 Å². The number of aryl methyl sites for hydroxylation is 1. The Hall–Kier alpha value is -1.10. The second kappa shape index (κ2) is 5.12. The van der Waals surface area contributed by atoms with Crippen LogP contribution in [0.15, 0.2) is 34.9 Å². The van der Waals surface area contributed by atoms with Gasteiger partial charge in [-0.25, -0.2) is 4.98 Å². The molecule has 1 heterocycles. The highest BCUT2D eigenvalue weighted by Gasteiger charge is 2.30. The summed E-state index contributed by atoms with van der Waals surface area (Å²) in [6, 6.07) is 7.16. The smallest absolute Gasteiger partial charge is 0.129 e. The lowest BCUT2D eigenvalue weighted by Gasteiger charge is -2.26. The summed E-state index contributed by atoms with van der Waals surface area (Å²) in [6.07, 6.45) is 1.66. The van der Waals surface area contributed by atoms with Gasteiger partial charge in [0.1, 0.15) is 11.4 Å². The minimum Gasteiger partial charge on any atom is -0.383 e. The molecule has 0 amide bonds. The molecule has 3 N–H and O–H groups in total. The zero-order valence-electron chi connectivity index (χ0n) is 10.6. The molecule has 1 unspecified atom stereocenters. The van der Waals surface area contributed by atoms with Crippen molar-refractivity contribution in [1.82, 2.24) is 4.98 Å². The van der Waals surface area contributed by atoms with Gasteiger partial charge in [-0.15, -0.1) is 0 Å². The van der Waals surface area contributed by atoms with Gasteiger partial charge in [-0.2, -0.15) is 0 Å². The average Bonchev–Trinajstić information content (AvgIpc) is 2.31. The van der Waals surface area contributed by atoms with Gasteiger partial charge in [0.25, 0.3) is 0 Å². The summed E-state index contributed by atoms with van der Waals surface area (Å²) in [4.78, 5) is 4.08. The lowest BCUT2D eigenvalue weighted by molar-refractivity contribution is 0.103. The summed E-state index contributed by atoms with van der Waals surface area (Å²) in [6.45, 7) is 3.56. The molecule has 0 aliphatic carbocycles. The maximum atomic E-state index is 10.8. The van der Waals surface area contributed by atoms with Crippen molar-refractivity contribution in [3.05, 3.63) is 56.6 Å². The van der Waals surface area contributed by atoms with Crippen molar-refractivity contribution in [1.29, 1.82) is 0 Å². The first-order valence-electron chi connectivity index (χ1n) is 5.73. The molecule has 0 aliphatic rings. The number of nitrogens with zero attached hydrogens (tertiary/aromatic N) is 1. The number of pyridine rings is 1. The first-order valence-corrected chi connectivity index (χ1v) is 6.90. The van der Waals surface area contributed by atoms with Gasteiger partial charge in [0, 0.05) is 26.8 Å². The van der Waals surface area contributed by atoms with Gasteiger partial charge in [0.05, 0.1) is 0 Å². The van der Waals surface area contributed by atoms with E-state index in [0.29, 0.717) is 22.0 Å². The SMILES string of the molecule is Cc1cnc(N)c(C(C)(O)c2ccc(Br)cc2Cl)c1. The Labute approximate surface area is 125 Å². The number of hydrogen-bond donors (Lipinski definition) is 2. The van der Waals surface area contributed by atoms with Crippen LogP contribution in [0.5, 0.6) is 0 Å². The molecule has 2 aromatic rings. The highest BCUT2D eigenvalue weighted by atomic mass is 79.9. The van der Waals surface area contributed by atoms with E-state index >= 15 is 0 Å². The van der Waals surface area contributed by atoms with Crippen LogP contribution in [0, 0.1) is 6.92 Å². The van der Waals surface area contributed by atoms with Crippen molar-refractivity contribution < 1.29 is 5.11 Å². The highest BCUT2D eigenvalue weighted by Crippen LogP contribution is 2.37. The molecule has 0 radical (unpaired) electrons. The molecule has 0 aliphatic heterocycles. The Morgan fingerprint density at radius 3 is 2.63 bits per heavy atom. The van der Waals surface area contributed by atoms with Crippen LogP contribution in [-0.2, 0) is 5.60 Å². The lowest BCUT2D eigenvalue weighted by Crippen LogP contribution is -2.25. The minimum atomic E-state index is -1.29. The van der Waals surface area contributed by atoms with Crippen molar-refractivity contribution in [3.63, 3.8) is 0 Å². The Bertz CT molecular complexity index is 629. The summed E-state index contributed by atoms with van der Waals surface area (Å²) in [5, 5.41) is 11.3. The van der Waals surface area contributed by atoms with E-state index in [0.717, 1.165) is 10.0 Å². The molecule has 1 aromatic carbocycles. The Balaban J connectivity index is 2.61. The van der Waals surface area contributed by atoms with E-state index in [1.54, 1.807) is 25.3 Å². The van der Waals surface area contributed by atoms with Crippen LogP contribution in [0.25, 0.3) is 0 Å². The molecule has 19 heavy (non-hydrogen) atoms. The molecule has 5 heteroatoms. The van der Waals surface area contributed by atoms with E-state index in [1.807, 2.05) is 19.1 Å². The van der Waals surface area contributed by atoms with Crippen molar-refractivity contribution >= 4 is 33.3 Å². The van der Waals surface area contributed by atoms with Gasteiger partial charge < -0.3 is 10.8 Å². The Morgan fingerprint density at radius 2 is 2.00 bits per heavy atom. The van der Waals surface area contributed by atoms with Gasteiger partial charge in [-0.05, 0) is 37.6 Å². The van der Waals surface area contributed by atoms with Crippen LogP contribution < -0.4 is 5.73 Å². The fourth-order valence-corrected chi connectivity index (χ4v) is 2.86. The predicted octanol–water partition coefficient (Wildman–Crippen LogP) is 3.64. The molecular weight excluding hydrogens is 328 g/mol. The Morgan fingerprint density at radius 1 is 1.32 bits per heavy atom. The molecule has 1 aromatic heterocycles. The number of benzene rings is 1. The van der Waals surface area contributed by atoms with Crippen molar-refractivity contribution in [3.8, 4) is 0 Å². The van der Waals surface area contributed by atoms with Gasteiger partial charge in [-0.1, -0.05) is 33.6 Å². The second-order valence-corrected chi connectivity index (χ2v) is 5.96. The second-order valence-electron chi connectivity index (χ2n) is 4.64. The number of nitrogens with two attached hydrogens (primary N) is 1. The topological polar surface area (TPSA) is 59.1 Å². The molecule has 3 nitrogen and oxygen atoms in total. The summed E-state index contributed by atoms with van der Waals surface area (Å²) in [5.74, 6) is 0.301. The number of halogens is 2. The number of anilines is 1. The van der Waals surface area contributed by atoms with E-state index in [1.165, 1.54) is 0 Å². The molecule has 1 atom stereocenters. The van der Waals surface area contributed by atoms with Gasteiger partial charge in [0.2, 0.25) is 0 Å². The third-order valence-corrected chi connectivity index (χ3v) is 3.84. The van der Waals surface area contributed by atoms with E-state index < -0.39 is 5.60 Å². The zero-order valence-corrected chi connectivity index (χ0v) is 13.0. The van der Waals surface area contributed by atoms with E-state index in [-0.39, 0.29) is 0 Å². The number of aliphatic hydroxyl groups is 1. The molecule has 0 spiro atoms. The monoisotopic (exact) mass is 340 g/mol. The average molecular weight is 342 g/mol. The summed E-state index contributed by atoms with van der Waals surface area (Å²) in [7, 11) is 0. The molecule has 0 saturated heterocycles. The van der Waals surface area contributed by atoms with Gasteiger partial charge >= 0.3 is 0 Å². The van der Waals surface area contributed by atoms with E-state index in [2.05, 4.69) is 20.9 Å². The fourth-order valence-electron chi connectivity index (χ4n) is 2.00. The van der Waals surface area contributed by atoms with E-state index in [4.69, 9.17) is 17.3 Å². The zero-order chi connectivity index (χ0) is 14.2. The highest BCUT2D eigenvalue weighted by molar-refractivity contribution is 9.10. The molecule has 0 fully saturated rings. The summed E-state index contributed by atoms with van der Waals surface area (Å²) >= 11 is 9.55. The first kappa shape index (κ1) is 14.3. The number of nitrogen functional groups attached to an aromatic ring is 1. The number of hydrogen-bond acceptors (Lipinski definition) is 3. The molecule has 100 valence electrons. The standard InChI is InChI=1S/C14H14BrClN2O/c1-8-5-11(13(17)18-7-8)14(2,19)10-4-3-9(15)6-12(10)16/h3-7,19H,1-2H3,(H2,17,18). The Kier molecular flexibility index (Phi) is 3.85. The molecular formula is C14H14BrClN2O. The number of rotatable bonds is 2. The molecule has 0 saturated carbocycles. The third-order valence-electron chi connectivity index (χ3n) is 3.04. The van der Waals surface area contributed by atoms with Gasteiger partial charge in [-0.3, -0.25) is 0 Å². The van der Waals surface area contributed by atoms with Crippen LogP contribution >= 0.6 is 27.5 Å². The van der Waals surface area contributed by atoms with Gasteiger partial charge in [0.15, 0.2) is 0 Å². The van der Waals surface area contributed by atoms with Crippen molar-refractivity contribution in [2.45, 2.75) is 19.4 Å². The van der Waals surface area contributed by atoms with Crippen LogP contribution in [0.4, 0.5) is 5.82 Å². The largest absolute Gasteiger partial charge is 0.383 e. The molecule has 0 bridgehead atoms. The van der Waals surface area contributed by atoms with Crippen LogP contribution in [-0.4, -0.2) is 10.1 Å². The number of aromatic nitrogens is 1. The van der Waals surface area contributed by atoms with Crippen molar-refractivity contribution in [2.75, 3.05) is 5.73 Å². The maximum absolute atomic E-state index is 10.8. The van der Waals surface area contributed by atoms with Crippen LogP contribution in [0.3, 0.4) is 0 Å². The van der Waals surface area contributed by atoms with Crippen LogP contribution in [0.1, 0.15) is 23.6 Å². The summed E-state index contributed by atoms with van der Waals surface area (Å²) in [5.41, 5.74) is 6.65. The van der Waals surface area contributed by atoms with Crippen molar-refractivity contribution in [2.24, 2.45) is 0 Å². The first-order chi connectivity index (χ1) is 8.82. The third kappa shape index (κ3) is 2.76. The maximum Gasteiger partial charge on any atom is 0.129 e. The quantitative estimate of drug-likeness (QED) is 0.876. The molecule has 2 rings (SSSR count). The fraction of sp³-hybridized carbons (Fsp3) is 0.214.